The van der Waals surface area contributed by atoms with E-state index >= 15 is 0 Å². The van der Waals surface area contributed by atoms with E-state index in [-0.39, 0.29) is 4.90 Å². The van der Waals surface area contributed by atoms with Gasteiger partial charge >= 0.3 is 0 Å². The van der Waals surface area contributed by atoms with Crippen molar-refractivity contribution >= 4 is 21.2 Å². The van der Waals surface area contributed by atoms with Crippen LogP contribution in [0.15, 0.2) is 46.2 Å². The van der Waals surface area contributed by atoms with Gasteiger partial charge in [-0.1, -0.05) is 0 Å². The molecule has 1 heterocycles. The first-order valence-corrected chi connectivity index (χ1v) is 9.76. The molecule has 140 valence electrons. The second-order valence-electron chi connectivity index (χ2n) is 6.33. The molecular weight excluding hydrogens is 360 g/mol. The first kappa shape index (κ1) is 18.6. The van der Waals surface area contributed by atoms with E-state index in [0.717, 1.165) is 44.0 Å². The van der Waals surface area contributed by atoms with Gasteiger partial charge in [0.25, 0.3) is 0 Å². The number of likely N-dealkylation sites (N-methyl/N-ethyl adjacent to an activating group) is 1. The van der Waals surface area contributed by atoms with E-state index in [1.165, 1.54) is 6.07 Å². The summed E-state index contributed by atoms with van der Waals surface area (Å²) in [7, 11) is -0.373. The van der Waals surface area contributed by atoms with Crippen LogP contribution in [0.3, 0.4) is 0 Å². The van der Waals surface area contributed by atoms with Gasteiger partial charge in [-0.25, -0.2) is 17.2 Å². The van der Waals surface area contributed by atoms with E-state index in [4.69, 9.17) is 0 Å². The van der Waals surface area contributed by atoms with E-state index in [9.17, 15) is 17.2 Å². The topological polar surface area (TPSA) is 52.6 Å². The van der Waals surface area contributed by atoms with Crippen molar-refractivity contribution in [3.8, 4) is 0 Å². The maximum absolute atomic E-state index is 13.5. The van der Waals surface area contributed by atoms with E-state index in [2.05, 4.69) is 22.2 Å². The highest BCUT2D eigenvalue weighted by Gasteiger charge is 2.24. The maximum Gasteiger partial charge on any atom is 0.208 e. The molecule has 8 heteroatoms. The molecule has 0 amide bonds. The monoisotopic (exact) mass is 381 g/mol. The Kier molecular flexibility index (Phi) is 5.15. The van der Waals surface area contributed by atoms with Gasteiger partial charge in [0, 0.05) is 45.0 Å². The van der Waals surface area contributed by atoms with Crippen molar-refractivity contribution < 1.29 is 17.2 Å². The molecule has 2 aromatic carbocycles. The van der Waals surface area contributed by atoms with Crippen LogP contribution in [-0.2, 0) is 9.84 Å². The number of hydrogen-bond acceptors (Lipinski definition) is 5. The highest BCUT2D eigenvalue weighted by Crippen LogP contribution is 2.32. The summed E-state index contributed by atoms with van der Waals surface area (Å²) in [6.07, 6.45) is 0. The molecule has 1 saturated heterocycles. The van der Waals surface area contributed by atoms with Crippen LogP contribution >= 0.6 is 0 Å². The molecule has 1 aliphatic rings. The van der Waals surface area contributed by atoms with Crippen molar-refractivity contribution in [1.82, 2.24) is 4.90 Å². The molecule has 1 N–H and O–H groups in total. The molecule has 0 radical (unpaired) electrons. The Morgan fingerprint density at radius 3 is 2.15 bits per heavy atom. The molecule has 0 unspecified atom stereocenters. The van der Waals surface area contributed by atoms with Gasteiger partial charge in [0.2, 0.25) is 9.84 Å². The summed E-state index contributed by atoms with van der Waals surface area (Å²) in [5.41, 5.74) is 1.30. The molecule has 5 nitrogen and oxygen atoms in total. The Bertz CT molecular complexity index is 890. The van der Waals surface area contributed by atoms with Crippen molar-refractivity contribution in [2.24, 2.45) is 0 Å². The van der Waals surface area contributed by atoms with Gasteiger partial charge in [0.05, 0.1) is 15.5 Å². The smallest absolute Gasteiger partial charge is 0.208 e. The minimum absolute atomic E-state index is 0.0112. The molecule has 3 rings (SSSR count). The van der Waals surface area contributed by atoms with Crippen molar-refractivity contribution in [3.05, 3.63) is 48.0 Å². The van der Waals surface area contributed by atoms with E-state index in [0.29, 0.717) is 11.8 Å². The van der Waals surface area contributed by atoms with Crippen LogP contribution in [0.2, 0.25) is 0 Å². The number of hydrogen-bond donors (Lipinski definition) is 1. The average Bonchev–Trinajstić information content (AvgIpc) is 2.61. The van der Waals surface area contributed by atoms with Gasteiger partial charge < -0.3 is 15.1 Å². The summed E-state index contributed by atoms with van der Waals surface area (Å²) in [6, 6.07) is 7.27. The fraction of sp³-hybridized carbons (Fsp3) is 0.333. The lowest BCUT2D eigenvalue weighted by Gasteiger charge is -2.34. The quantitative estimate of drug-likeness (QED) is 0.882. The summed E-state index contributed by atoms with van der Waals surface area (Å²) >= 11 is 0. The summed E-state index contributed by atoms with van der Waals surface area (Å²) in [6.45, 7) is 3.55. The summed E-state index contributed by atoms with van der Waals surface area (Å²) in [5.74, 6) is -1.85. The number of sulfone groups is 1. The maximum atomic E-state index is 13.5. The number of rotatable bonds is 4. The third-order valence-electron chi connectivity index (χ3n) is 4.54. The Labute approximate surface area is 152 Å². The van der Waals surface area contributed by atoms with Gasteiger partial charge in [0.1, 0.15) is 11.6 Å². The summed E-state index contributed by atoms with van der Waals surface area (Å²) in [5, 5.41) is 2.89. The largest absolute Gasteiger partial charge is 0.387 e. The first-order chi connectivity index (χ1) is 12.3. The third-order valence-corrected chi connectivity index (χ3v) is 6.33. The Balaban J connectivity index is 1.99. The van der Waals surface area contributed by atoms with E-state index in [1.54, 1.807) is 19.2 Å². The van der Waals surface area contributed by atoms with Gasteiger partial charge in [-0.2, -0.15) is 0 Å². The Morgan fingerprint density at radius 2 is 1.58 bits per heavy atom. The number of halogens is 2. The minimum atomic E-state index is -4.05. The standard InChI is InChI=1S/C18H21F2N3O2S/c1-21-17-12-15(23-7-5-22(2)6-8-23)3-4-18(17)26(24,25)16-10-13(19)9-14(20)11-16/h3-4,9-12,21H,5-8H2,1-2H3. The van der Waals surface area contributed by atoms with Crippen LogP contribution in [-0.4, -0.2) is 53.6 Å². The van der Waals surface area contributed by atoms with E-state index in [1.807, 2.05) is 0 Å². The lowest BCUT2D eigenvalue weighted by molar-refractivity contribution is 0.313. The molecule has 0 saturated carbocycles. The van der Waals surface area contributed by atoms with Crippen LogP contribution in [0.1, 0.15) is 0 Å². The highest BCUT2D eigenvalue weighted by molar-refractivity contribution is 7.91. The molecule has 0 bridgehead atoms. The van der Waals surface area contributed by atoms with Gasteiger partial charge in [-0.3, -0.25) is 0 Å². The highest BCUT2D eigenvalue weighted by atomic mass is 32.2. The molecule has 0 aliphatic carbocycles. The molecule has 26 heavy (non-hydrogen) atoms. The van der Waals surface area contributed by atoms with Crippen LogP contribution in [0.25, 0.3) is 0 Å². The predicted molar refractivity (Wildman–Crippen MR) is 97.5 cm³/mol. The van der Waals surface area contributed by atoms with Crippen molar-refractivity contribution in [3.63, 3.8) is 0 Å². The second-order valence-corrected chi connectivity index (χ2v) is 8.25. The Morgan fingerprint density at radius 1 is 0.962 bits per heavy atom. The number of nitrogens with one attached hydrogen (secondary N) is 1. The number of anilines is 2. The number of piperazine rings is 1. The van der Waals surface area contributed by atoms with Crippen molar-refractivity contribution in [2.75, 3.05) is 50.5 Å². The van der Waals surface area contributed by atoms with Gasteiger partial charge in [0.15, 0.2) is 0 Å². The third kappa shape index (κ3) is 3.66. The summed E-state index contributed by atoms with van der Waals surface area (Å²) < 4.78 is 52.6. The van der Waals surface area contributed by atoms with Crippen LogP contribution < -0.4 is 10.2 Å². The fourth-order valence-corrected chi connectivity index (χ4v) is 4.51. The predicted octanol–water partition coefficient (Wildman–Crippen LogP) is 2.59. The van der Waals surface area contributed by atoms with Crippen molar-refractivity contribution in [1.29, 1.82) is 0 Å². The van der Waals surface area contributed by atoms with Crippen molar-refractivity contribution in [2.45, 2.75) is 9.79 Å². The average molecular weight is 381 g/mol. The van der Waals surface area contributed by atoms with Gasteiger partial charge in [-0.05, 0) is 37.4 Å². The lowest BCUT2D eigenvalue weighted by atomic mass is 10.2. The normalized spacial score (nSPS) is 15.9. The summed E-state index contributed by atoms with van der Waals surface area (Å²) in [4.78, 5) is 3.99. The zero-order valence-electron chi connectivity index (χ0n) is 14.7. The van der Waals surface area contributed by atoms with Crippen LogP contribution in [0.5, 0.6) is 0 Å². The number of benzene rings is 2. The van der Waals surface area contributed by atoms with E-state index < -0.39 is 26.4 Å². The fourth-order valence-electron chi connectivity index (χ4n) is 3.02. The van der Waals surface area contributed by atoms with Crippen LogP contribution in [0.4, 0.5) is 20.2 Å². The SMILES string of the molecule is CNc1cc(N2CCN(C)CC2)ccc1S(=O)(=O)c1cc(F)cc(F)c1. The molecule has 1 aliphatic heterocycles. The lowest BCUT2D eigenvalue weighted by Crippen LogP contribution is -2.44. The number of nitrogens with zero attached hydrogens (tertiary/aromatic N) is 2. The molecule has 0 spiro atoms. The molecular formula is C18H21F2N3O2S. The van der Waals surface area contributed by atoms with Crippen LogP contribution in [0, 0.1) is 11.6 Å². The second kappa shape index (κ2) is 7.20. The Hall–Kier alpha value is -2.19. The molecule has 2 aromatic rings. The zero-order valence-corrected chi connectivity index (χ0v) is 15.5. The zero-order chi connectivity index (χ0) is 18.9. The van der Waals surface area contributed by atoms with Gasteiger partial charge in [-0.15, -0.1) is 0 Å². The molecule has 1 fully saturated rings. The minimum Gasteiger partial charge on any atom is -0.387 e. The molecule has 0 aromatic heterocycles. The first-order valence-electron chi connectivity index (χ1n) is 8.28. The molecule has 0 atom stereocenters.